The molecule has 1 aliphatic heterocycles. The van der Waals surface area contributed by atoms with Crippen molar-refractivity contribution < 1.29 is 4.79 Å². The summed E-state index contributed by atoms with van der Waals surface area (Å²) in [6.45, 7) is 4.94. The Balaban J connectivity index is 1.58. The van der Waals surface area contributed by atoms with Crippen LogP contribution in [0, 0.1) is 5.92 Å². The van der Waals surface area contributed by atoms with E-state index in [0.717, 1.165) is 17.5 Å². The van der Waals surface area contributed by atoms with Gasteiger partial charge in [0.05, 0.1) is 6.04 Å². The Kier molecular flexibility index (Phi) is 4.94. The molecule has 1 aromatic carbocycles. The Bertz CT molecular complexity index is 932. The van der Waals surface area contributed by atoms with Crippen LogP contribution in [0.5, 0.6) is 0 Å². The van der Waals surface area contributed by atoms with Gasteiger partial charge in [-0.1, -0.05) is 32.0 Å². The average molecular weight is 362 g/mol. The lowest BCUT2D eigenvalue weighted by Gasteiger charge is -2.25. The lowest BCUT2D eigenvalue weighted by molar-refractivity contribution is -0.123. The summed E-state index contributed by atoms with van der Waals surface area (Å²) < 4.78 is 0. The molecule has 1 amide bonds. The molecule has 0 saturated heterocycles. The van der Waals surface area contributed by atoms with Crippen LogP contribution in [0.15, 0.2) is 48.9 Å². The Labute approximate surface area is 159 Å². The molecule has 140 valence electrons. The Morgan fingerprint density at radius 2 is 2.19 bits per heavy atom. The molecule has 0 radical (unpaired) electrons. The van der Waals surface area contributed by atoms with Gasteiger partial charge >= 0.3 is 0 Å². The summed E-state index contributed by atoms with van der Waals surface area (Å²) in [5.41, 5.74) is 4.65. The number of nitrogens with one attached hydrogen (secondary N) is 3. The number of H-pyrrole nitrogens is 1. The van der Waals surface area contributed by atoms with Crippen LogP contribution < -0.4 is 10.6 Å². The highest BCUT2D eigenvalue weighted by Gasteiger charge is 2.29. The number of amides is 1. The zero-order chi connectivity index (χ0) is 18.8. The second kappa shape index (κ2) is 7.53. The minimum Gasteiger partial charge on any atom is -0.361 e. The van der Waals surface area contributed by atoms with Crippen molar-refractivity contribution in [2.75, 3.05) is 0 Å². The zero-order valence-corrected chi connectivity index (χ0v) is 15.8. The van der Waals surface area contributed by atoms with E-state index >= 15 is 0 Å². The maximum atomic E-state index is 12.9. The van der Waals surface area contributed by atoms with Crippen LogP contribution in [-0.4, -0.2) is 21.9 Å². The van der Waals surface area contributed by atoms with E-state index in [0.29, 0.717) is 18.9 Å². The molecule has 5 nitrogen and oxygen atoms in total. The molecule has 2 atom stereocenters. The number of rotatable bonds is 5. The molecule has 0 spiro atoms. The van der Waals surface area contributed by atoms with Gasteiger partial charge in [-0.2, -0.15) is 0 Å². The maximum Gasteiger partial charge on any atom is 0.237 e. The van der Waals surface area contributed by atoms with Crippen LogP contribution in [0.4, 0.5) is 0 Å². The third kappa shape index (κ3) is 3.74. The third-order valence-corrected chi connectivity index (χ3v) is 5.23. The monoisotopic (exact) mass is 362 g/mol. The van der Waals surface area contributed by atoms with Crippen molar-refractivity contribution >= 4 is 16.8 Å². The SMILES string of the molecule is CC(C)C[C@@H]1N[C@H](C(=O)NCc2cccnc2)Cc2c[nH]c3cccc1c23. The van der Waals surface area contributed by atoms with Gasteiger partial charge in [0.25, 0.3) is 0 Å². The Morgan fingerprint density at radius 3 is 2.96 bits per heavy atom. The van der Waals surface area contributed by atoms with Gasteiger partial charge in [-0.15, -0.1) is 0 Å². The fourth-order valence-corrected chi connectivity index (χ4v) is 4.00. The summed E-state index contributed by atoms with van der Waals surface area (Å²) in [5, 5.41) is 7.98. The number of aromatic nitrogens is 2. The normalized spacial score (nSPS) is 19.2. The van der Waals surface area contributed by atoms with Crippen LogP contribution in [0.25, 0.3) is 10.9 Å². The van der Waals surface area contributed by atoms with Gasteiger partial charge in [-0.3, -0.25) is 15.1 Å². The topological polar surface area (TPSA) is 69.8 Å². The van der Waals surface area contributed by atoms with Gasteiger partial charge in [0.1, 0.15) is 0 Å². The molecule has 3 heterocycles. The van der Waals surface area contributed by atoms with E-state index in [9.17, 15) is 4.79 Å². The average Bonchev–Trinajstić information content (AvgIpc) is 3.01. The number of nitrogens with zero attached hydrogens (tertiary/aromatic N) is 1. The minimum atomic E-state index is -0.253. The zero-order valence-electron chi connectivity index (χ0n) is 15.8. The number of pyridine rings is 1. The number of carbonyl (C=O) groups is 1. The molecule has 1 aliphatic rings. The first-order valence-electron chi connectivity index (χ1n) is 9.63. The smallest absolute Gasteiger partial charge is 0.237 e. The van der Waals surface area contributed by atoms with Crippen molar-refractivity contribution in [2.24, 2.45) is 5.92 Å². The summed E-state index contributed by atoms with van der Waals surface area (Å²) >= 11 is 0. The molecule has 2 aromatic heterocycles. The fraction of sp³-hybridized carbons (Fsp3) is 0.364. The number of carbonyl (C=O) groups excluding carboxylic acids is 1. The van der Waals surface area contributed by atoms with Crippen molar-refractivity contribution in [3.63, 3.8) is 0 Å². The van der Waals surface area contributed by atoms with E-state index < -0.39 is 0 Å². The number of aromatic amines is 1. The van der Waals surface area contributed by atoms with E-state index in [1.54, 1.807) is 12.4 Å². The van der Waals surface area contributed by atoms with E-state index in [4.69, 9.17) is 0 Å². The highest BCUT2D eigenvalue weighted by atomic mass is 16.2. The molecule has 0 fully saturated rings. The highest BCUT2D eigenvalue weighted by Crippen LogP contribution is 2.34. The largest absolute Gasteiger partial charge is 0.361 e. The van der Waals surface area contributed by atoms with Gasteiger partial charge in [-0.25, -0.2) is 0 Å². The van der Waals surface area contributed by atoms with Crippen LogP contribution in [0.2, 0.25) is 0 Å². The number of benzene rings is 1. The Morgan fingerprint density at radius 1 is 1.30 bits per heavy atom. The second-order valence-corrected chi connectivity index (χ2v) is 7.77. The summed E-state index contributed by atoms with van der Waals surface area (Å²) in [7, 11) is 0. The molecular weight excluding hydrogens is 336 g/mol. The van der Waals surface area contributed by atoms with Gasteiger partial charge in [0.2, 0.25) is 5.91 Å². The molecule has 0 unspecified atom stereocenters. The van der Waals surface area contributed by atoms with Crippen LogP contribution in [0.1, 0.15) is 43.0 Å². The lowest BCUT2D eigenvalue weighted by atomic mass is 9.94. The standard InChI is InChI=1S/C22H26N4O/c1-14(2)9-19-17-6-3-7-18-21(17)16(13-24-18)10-20(26-19)22(27)25-12-15-5-4-8-23-11-15/h3-8,11,13-14,19-20,24,26H,9-10,12H2,1-2H3,(H,25,27)/t19-,20-/m0/s1. The second-order valence-electron chi connectivity index (χ2n) is 7.77. The van der Waals surface area contributed by atoms with Gasteiger partial charge in [0.15, 0.2) is 0 Å². The molecule has 3 aromatic rings. The maximum absolute atomic E-state index is 12.9. The minimum absolute atomic E-state index is 0.0368. The first-order chi connectivity index (χ1) is 13.1. The number of hydrogen-bond acceptors (Lipinski definition) is 3. The quantitative estimate of drug-likeness (QED) is 0.651. The van der Waals surface area contributed by atoms with Crippen molar-refractivity contribution in [3.8, 4) is 0 Å². The van der Waals surface area contributed by atoms with Crippen LogP contribution in [0.3, 0.4) is 0 Å². The predicted octanol–water partition coefficient (Wildman–Crippen LogP) is 3.48. The van der Waals surface area contributed by atoms with Crippen LogP contribution in [-0.2, 0) is 17.8 Å². The van der Waals surface area contributed by atoms with E-state index in [1.807, 2.05) is 12.1 Å². The molecular formula is C22H26N4O. The summed E-state index contributed by atoms with van der Waals surface area (Å²) in [5.74, 6) is 0.576. The first kappa shape index (κ1) is 17.7. The molecule has 0 aliphatic carbocycles. The summed E-state index contributed by atoms with van der Waals surface area (Å²) in [6, 6.07) is 10.2. The Hall–Kier alpha value is -2.66. The molecule has 3 N–H and O–H groups in total. The van der Waals surface area contributed by atoms with Crippen molar-refractivity contribution in [1.29, 1.82) is 0 Å². The van der Waals surface area contributed by atoms with Gasteiger partial charge in [-0.05, 0) is 47.6 Å². The summed E-state index contributed by atoms with van der Waals surface area (Å²) in [6.07, 6.45) is 7.26. The molecule has 0 saturated carbocycles. The highest BCUT2D eigenvalue weighted by molar-refractivity contribution is 5.90. The molecule has 0 bridgehead atoms. The van der Waals surface area contributed by atoms with Gasteiger partial charge in [0, 0.05) is 42.1 Å². The van der Waals surface area contributed by atoms with Crippen molar-refractivity contribution in [3.05, 3.63) is 65.6 Å². The van der Waals surface area contributed by atoms with E-state index in [-0.39, 0.29) is 18.0 Å². The summed E-state index contributed by atoms with van der Waals surface area (Å²) in [4.78, 5) is 20.4. The van der Waals surface area contributed by atoms with E-state index in [2.05, 4.69) is 58.8 Å². The van der Waals surface area contributed by atoms with E-state index in [1.165, 1.54) is 16.5 Å². The molecule has 27 heavy (non-hydrogen) atoms. The number of hydrogen-bond donors (Lipinski definition) is 3. The molecule has 4 rings (SSSR count). The van der Waals surface area contributed by atoms with Crippen molar-refractivity contribution in [1.82, 2.24) is 20.6 Å². The first-order valence-corrected chi connectivity index (χ1v) is 9.63. The van der Waals surface area contributed by atoms with Crippen LogP contribution >= 0.6 is 0 Å². The third-order valence-electron chi connectivity index (χ3n) is 5.23. The van der Waals surface area contributed by atoms with Crippen molar-refractivity contribution in [2.45, 2.75) is 45.3 Å². The lowest BCUT2D eigenvalue weighted by Crippen LogP contribution is -2.46. The predicted molar refractivity (Wildman–Crippen MR) is 107 cm³/mol. The molecule has 5 heteroatoms. The fourth-order valence-electron chi connectivity index (χ4n) is 4.00. The van der Waals surface area contributed by atoms with Gasteiger partial charge < -0.3 is 10.3 Å².